The van der Waals surface area contributed by atoms with Crippen LogP contribution >= 0.6 is 0 Å². The summed E-state index contributed by atoms with van der Waals surface area (Å²) in [5, 5.41) is 8.91. The van der Waals surface area contributed by atoms with Gasteiger partial charge in [-0.25, -0.2) is 13.4 Å². The molecule has 0 radical (unpaired) electrons. The third-order valence-electron chi connectivity index (χ3n) is 5.61. The lowest BCUT2D eigenvalue weighted by molar-refractivity contribution is 0.252. The predicted octanol–water partition coefficient (Wildman–Crippen LogP) is 3.23. The van der Waals surface area contributed by atoms with Crippen LogP contribution in [0.25, 0.3) is 11.4 Å². The van der Waals surface area contributed by atoms with E-state index in [9.17, 15) is 8.42 Å². The molecule has 8 heteroatoms. The number of hydrogen-bond donors (Lipinski definition) is 0. The average molecular weight is 422 g/mol. The van der Waals surface area contributed by atoms with Crippen LogP contribution in [0.4, 0.5) is 0 Å². The standard InChI is InChI=1S/C22H23N5O2S/c1-17-14-25-22(20-3-2-10-24-15-20)27(17)16-19-8-11-26(12-9-19)30(28,29)21-6-4-18(13-23)5-7-21/h2-7,10,14-15,19H,8-9,11-12,16H2,1H3. The number of pyridine rings is 1. The van der Waals surface area contributed by atoms with Gasteiger partial charge >= 0.3 is 0 Å². The molecule has 0 N–H and O–H groups in total. The summed E-state index contributed by atoms with van der Waals surface area (Å²) in [4.78, 5) is 8.98. The van der Waals surface area contributed by atoms with E-state index >= 15 is 0 Å². The minimum atomic E-state index is -3.54. The summed E-state index contributed by atoms with van der Waals surface area (Å²) in [5.41, 5.74) is 2.51. The van der Waals surface area contributed by atoms with E-state index in [0.29, 0.717) is 24.6 Å². The van der Waals surface area contributed by atoms with Gasteiger partial charge in [0.1, 0.15) is 5.82 Å². The Bertz CT molecular complexity index is 1160. The first-order chi connectivity index (χ1) is 14.5. The van der Waals surface area contributed by atoms with Crippen molar-refractivity contribution in [2.75, 3.05) is 13.1 Å². The molecule has 3 heterocycles. The first-order valence-electron chi connectivity index (χ1n) is 9.92. The molecular weight excluding hydrogens is 398 g/mol. The van der Waals surface area contributed by atoms with Gasteiger partial charge < -0.3 is 4.57 Å². The molecule has 1 aliphatic heterocycles. The predicted molar refractivity (Wildman–Crippen MR) is 113 cm³/mol. The smallest absolute Gasteiger partial charge is 0.243 e. The highest BCUT2D eigenvalue weighted by molar-refractivity contribution is 7.89. The molecular formula is C22H23N5O2S. The highest BCUT2D eigenvalue weighted by Crippen LogP contribution is 2.27. The molecule has 1 aliphatic rings. The van der Waals surface area contributed by atoms with Crippen molar-refractivity contribution in [1.29, 1.82) is 5.26 Å². The van der Waals surface area contributed by atoms with Crippen LogP contribution in [0, 0.1) is 24.2 Å². The van der Waals surface area contributed by atoms with Gasteiger partial charge in [-0.1, -0.05) is 0 Å². The highest BCUT2D eigenvalue weighted by Gasteiger charge is 2.30. The summed E-state index contributed by atoms with van der Waals surface area (Å²) >= 11 is 0. The molecule has 4 rings (SSSR count). The Morgan fingerprint density at radius 3 is 2.50 bits per heavy atom. The maximum atomic E-state index is 12.9. The lowest BCUT2D eigenvalue weighted by Crippen LogP contribution is -2.39. The monoisotopic (exact) mass is 421 g/mol. The number of imidazole rings is 1. The fraction of sp³-hybridized carbons (Fsp3) is 0.318. The van der Waals surface area contributed by atoms with Crippen molar-refractivity contribution >= 4 is 10.0 Å². The number of nitriles is 1. The van der Waals surface area contributed by atoms with Crippen molar-refractivity contribution in [3.63, 3.8) is 0 Å². The van der Waals surface area contributed by atoms with Crippen LogP contribution < -0.4 is 0 Å². The minimum absolute atomic E-state index is 0.240. The Labute approximate surface area is 176 Å². The van der Waals surface area contributed by atoms with E-state index in [1.807, 2.05) is 37.5 Å². The fourth-order valence-electron chi connectivity index (χ4n) is 3.86. The summed E-state index contributed by atoms with van der Waals surface area (Å²) in [6.45, 7) is 3.82. The number of sulfonamides is 1. The van der Waals surface area contributed by atoms with Gasteiger partial charge in [0.05, 0.1) is 16.5 Å². The van der Waals surface area contributed by atoms with Crippen LogP contribution in [0.2, 0.25) is 0 Å². The van der Waals surface area contributed by atoms with Crippen LogP contribution in [0.5, 0.6) is 0 Å². The quantitative estimate of drug-likeness (QED) is 0.631. The van der Waals surface area contributed by atoms with E-state index in [2.05, 4.69) is 14.5 Å². The zero-order valence-electron chi connectivity index (χ0n) is 16.8. The maximum absolute atomic E-state index is 12.9. The van der Waals surface area contributed by atoms with Crippen molar-refractivity contribution in [2.24, 2.45) is 5.92 Å². The van der Waals surface area contributed by atoms with Gasteiger partial charge in [0, 0.05) is 49.5 Å². The Balaban J connectivity index is 1.44. The molecule has 0 spiro atoms. The average Bonchev–Trinajstić information content (AvgIpc) is 3.15. The van der Waals surface area contributed by atoms with Gasteiger partial charge in [0.25, 0.3) is 0 Å². The molecule has 1 fully saturated rings. The minimum Gasteiger partial charge on any atom is -0.328 e. The van der Waals surface area contributed by atoms with Crippen LogP contribution in [-0.2, 0) is 16.6 Å². The van der Waals surface area contributed by atoms with Crippen molar-refractivity contribution in [3.05, 3.63) is 66.2 Å². The highest BCUT2D eigenvalue weighted by atomic mass is 32.2. The summed E-state index contributed by atoms with van der Waals surface area (Å²) in [6.07, 6.45) is 7.00. The van der Waals surface area contributed by atoms with E-state index in [1.54, 1.807) is 22.6 Å². The van der Waals surface area contributed by atoms with E-state index < -0.39 is 10.0 Å². The maximum Gasteiger partial charge on any atom is 0.243 e. The Morgan fingerprint density at radius 1 is 1.13 bits per heavy atom. The first kappa shape index (κ1) is 20.3. The van der Waals surface area contributed by atoms with Crippen LogP contribution in [0.1, 0.15) is 24.1 Å². The number of benzene rings is 1. The van der Waals surface area contributed by atoms with E-state index in [0.717, 1.165) is 36.5 Å². The van der Waals surface area contributed by atoms with E-state index in [-0.39, 0.29) is 4.90 Å². The Morgan fingerprint density at radius 2 is 1.87 bits per heavy atom. The molecule has 1 saturated heterocycles. The van der Waals surface area contributed by atoms with Gasteiger partial charge in [0.15, 0.2) is 0 Å². The van der Waals surface area contributed by atoms with Crippen LogP contribution in [0.3, 0.4) is 0 Å². The summed E-state index contributed by atoms with van der Waals surface area (Å²) in [5.74, 6) is 1.27. The summed E-state index contributed by atoms with van der Waals surface area (Å²) < 4.78 is 29.6. The van der Waals surface area contributed by atoms with Crippen LogP contribution in [-0.4, -0.2) is 40.3 Å². The van der Waals surface area contributed by atoms with Crippen molar-refractivity contribution in [2.45, 2.75) is 31.2 Å². The summed E-state index contributed by atoms with van der Waals surface area (Å²) in [6, 6.07) is 12.0. The van der Waals surface area contributed by atoms with Gasteiger partial charge in [-0.05, 0) is 62.1 Å². The molecule has 0 amide bonds. The molecule has 0 bridgehead atoms. The van der Waals surface area contributed by atoms with Gasteiger partial charge in [-0.15, -0.1) is 0 Å². The second kappa shape index (κ2) is 8.38. The molecule has 0 aliphatic carbocycles. The largest absolute Gasteiger partial charge is 0.328 e. The molecule has 0 unspecified atom stereocenters. The zero-order valence-corrected chi connectivity index (χ0v) is 17.6. The van der Waals surface area contributed by atoms with Crippen molar-refractivity contribution in [3.8, 4) is 17.5 Å². The molecule has 30 heavy (non-hydrogen) atoms. The molecule has 3 aromatic rings. The molecule has 0 atom stereocenters. The SMILES string of the molecule is Cc1cnc(-c2cccnc2)n1CC1CCN(S(=O)(=O)c2ccc(C#N)cc2)CC1. The second-order valence-electron chi connectivity index (χ2n) is 7.56. The first-order valence-corrected chi connectivity index (χ1v) is 11.4. The summed E-state index contributed by atoms with van der Waals surface area (Å²) in [7, 11) is -3.54. The van der Waals surface area contributed by atoms with Gasteiger partial charge in [-0.3, -0.25) is 4.98 Å². The normalized spacial score (nSPS) is 15.7. The number of aryl methyl sites for hydroxylation is 1. The molecule has 1 aromatic carbocycles. The third-order valence-corrected chi connectivity index (χ3v) is 7.52. The Hall–Kier alpha value is -3.02. The molecule has 2 aromatic heterocycles. The molecule has 0 saturated carbocycles. The van der Waals surface area contributed by atoms with Gasteiger partial charge in [-0.2, -0.15) is 9.57 Å². The van der Waals surface area contributed by atoms with E-state index in [1.165, 1.54) is 12.1 Å². The molecule has 154 valence electrons. The molecule has 7 nitrogen and oxygen atoms in total. The number of piperidine rings is 1. The number of rotatable bonds is 5. The second-order valence-corrected chi connectivity index (χ2v) is 9.50. The number of aromatic nitrogens is 3. The van der Waals surface area contributed by atoms with Crippen molar-refractivity contribution in [1.82, 2.24) is 18.8 Å². The Kier molecular flexibility index (Phi) is 5.66. The zero-order chi connectivity index (χ0) is 21.1. The fourth-order valence-corrected chi connectivity index (χ4v) is 5.33. The lowest BCUT2D eigenvalue weighted by Gasteiger charge is -2.32. The topological polar surface area (TPSA) is 91.9 Å². The van der Waals surface area contributed by atoms with Crippen LogP contribution in [0.15, 0.2) is 59.9 Å². The van der Waals surface area contributed by atoms with Crippen molar-refractivity contribution < 1.29 is 8.42 Å². The number of nitrogens with zero attached hydrogens (tertiary/aromatic N) is 5. The third kappa shape index (κ3) is 3.99. The van der Waals surface area contributed by atoms with Gasteiger partial charge in [0.2, 0.25) is 10.0 Å². The number of hydrogen-bond acceptors (Lipinski definition) is 5. The van der Waals surface area contributed by atoms with E-state index in [4.69, 9.17) is 5.26 Å². The lowest BCUT2D eigenvalue weighted by atomic mass is 9.98.